The zero-order valence-corrected chi connectivity index (χ0v) is 14.0. The summed E-state index contributed by atoms with van der Waals surface area (Å²) in [5.41, 5.74) is 2.83. The van der Waals surface area contributed by atoms with Crippen LogP contribution in [0.1, 0.15) is 24.3 Å². The zero-order chi connectivity index (χ0) is 15.7. The van der Waals surface area contributed by atoms with Crippen molar-refractivity contribution in [1.82, 2.24) is 9.78 Å². The summed E-state index contributed by atoms with van der Waals surface area (Å²) in [5, 5.41) is 15.5. The van der Waals surface area contributed by atoms with Crippen molar-refractivity contribution in [3.8, 4) is 5.75 Å². The molecular weight excluding hydrogens is 344 g/mol. The molecule has 5 heteroatoms. The molecule has 3 aromatic rings. The molecule has 0 aliphatic carbocycles. The monoisotopic (exact) mass is 360 g/mol. The van der Waals surface area contributed by atoms with Gasteiger partial charge < -0.3 is 9.84 Å². The van der Waals surface area contributed by atoms with Crippen LogP contribution in [-0.4, -0.2) is 22.0 Å². The second-order valence-electron chi connectivity index (χ2n) is 5.23. The van der Waals surface area contributed by atoms with Gasteiger partial charge in [0.2, 0.25) is 0 Å². The Morgan fingerprint density at radius 3 is 2.59 bits per heavy atom. The van der Waals surface area contributed by atoms with E-state index in [-0.39, 0.29) is 0 Å². The Morgan fingerprint density at radius 2 is 1.95 bits per heavy atom. The van der Waals surface area contributed by atoms with E-state index in [0.29, 0.717) is 12.2 Å². The van der Waals surface area contributed by atoms with E-state index >= 15 is 0 Å². The van der Waals surface area contributed by atoms with Gasteiger partial charge in [0.25, 0.3) is 0 Å². The zero-order valence-electron chi connectivity index (χ0n) is 12.5. The summed E-state index contributed by atoms with van der Waals surface area (Å²) >= 11 is 3.50. The average Bonchev–Trinajstić information content (AvgIpc) is 2.86. The molecule has 22 heavy (non-hydrogen) atoms. The highest BCUT2D eigenvalue weighted by Crippen LogP contribution is 2.27. The first-order valence-corrected chi connectivity index (χ1v) is 7.84. The summed E-state index contributed by atoms with van der Waals surface area (Å²) in [6, 6.07) is 13.9. The van der Waals surface area contributed by atoms with Crippen LogP contribution in [0.5, 0.6) is 5.75 Å². The van der Waals surface area contributed by atoms with Gasteiger partial charge >= 0.3 is 0 Å². The minimum atomic E-state index is -0.596. The van der Waals surface area contributed by atoms with Crippen LogP contribution in [0.4, 0.5) is 0 Å². The highest BCUT2D eigenvalue weighted by atomic mass is 79.9. The van der Waals surface area contributed by atoms with Gasteiger partial charge in [-0.2, -0.15) is 5.10 Å². The van der Waals surface area contributed by atoms with E-state index < -0.39 is 6.10 Å². The van der Waals surface area contributed by atoms with E-state index in [1.807, 2.05) is 47.1 Å². The first kappa shape index (κ1) is 15.1. The van der Waals surface area contributed by atoms with Gasteiger partial charge in [-0.05, 0) is 42.8 Å². The van der Waals surface area contributed by atoms with Crippen LogP contribution in [-0.2, 0) is 6.54 Å². The van der Waals surface area contributed by atoms with Crippen LogP contribution >= 0.6 is 15.9 Å². The predicted octanol–water partition coefficient (Wildman–Crippen LogP) is 3.91. The number of rotatable bonds is 4. The van der Waals surface area contributed by atoms with Gasteiger partial charge in [-0.25, -0.2) is 0 Å². The number of ether oxygens (including phenoxy) is 1. The standard InChI is InChI=1S/C17H17BrN2O2/c1-11(21)17-15-8-5-13(18)9-16(15)20(19-17)10-12-3-6-14(22-2)7-4-12/h3-9,11,21H,10H2,1-2H3. The molecule has 0 aliphatic heterocycles. The highest BCUT2D eigenvalue weighted by molar-refractivity contribution is 9.10. The van der Waals surface area contributed by atoms with Crippen molar-refractivity contribution in [2.24, 2.45) is 0 Å². The highest BCUT2D eigenvalue weighted by Gasteiger charge is 2.14. The van der Waals surface area contributed by atoms with Gasteiger partial charge in [0.15, 0.2) is 0 Å². The number of benzene rings is 2. The minimum Gasteiger partial charge on any atom is -0.497 e. The second-order valence-corrected chi connectivity index (χ2v) is 6.14. The van der Waals surface area contributed by atoms with Crippen molar-refractivity contribution in [3.63, 3.8) is 0 Å². The fourth-order valence-electron chi connectivity index (χ4n) is 2.51. The van der Waals surface area contributed by atoms with Crippen molar-refractivity contribution < 1.29 is 9.84 Å². The van der Waals surface area contributed by atoms with E-state index in [2.05, 4.69) is 21.0 Å². The molecule has 0 aliphatic rings. The summed E-state index contributed by atoms with van der Waals surface area (Å²) in [5.74, 6) is 0.835. The number of hydrogen-bond donors (Lipinski definition) is 1. The quantitative estimate of drug-likeness (QED) is 0.767. The van der Waals surface area contributed by atoms with Crippen molar-refractivity contribution in [2.75, 3.05) is 7.11 Å². The molecule has 1 aromatic heterocycles. The molecule has 3 rings (SSSR count). The second kappa shape index (κ2) is 6.10. The molecule has 2 aromatic carbocycles. The van der Waals surface area contributed by atoms with Gasteiger partial charge in [-0.15, -0.1) is 0 Å². The van der Waals surface area contributed by atoms with E-state index in [9.17, 15) is 5.11 Å². The fourth-order valence-corrected chi connectivity index (χ4v) is 2.85. The Bertz CT molecular complexity index is 794. The maximum absolute atomic E-state index is 9.93. The van der Waals surface area contributed by atoms with Crippen LogP contribution < -0.4 is 4.74 Å². The summed E-state index contributed by atoms with van der Waals surface area (Å²) < 4.78 is 8.09. The SMILES string of the molecule is COc1ccc(Cn2nc(C(C)O)c3ccc(Br)cc32)cc1. The third-order valence-electron chi connectivity index (χ3n) is 3.63. The lowest BCUT2D eigenvalue weighted by Crippen LogP contribution is -2.03. The van der Waals surface area contributed by atoms with Crippen LogP contribution in [0.2, 0.25) is 0 Å². The van der Waals surface area contributed by atoms with E-state index in [4.69, 9.17) is 4.74 Å². The largest absolute Gasteiger partial charge is 0.497 e. The smallest absolute Gasteiger partial charge is 0.118 e. The number of fused-ring (bicyclic) bond motifs is 1. The lowest BCUT2D eigenvalue weighted by Gasteiger charge is -2.05. The topological polar surface area (TPSA) is 47.3 Å². The molecule has 1 N–H and O–H groups in total. The van der Waals surface area contributed by atoms with E-state index in [1.165, 1.54) is 0 Å². The van der Waals surface area contributed by atoms with E-state index in [0.717, 1.165) is 26.7 Å². The Morgan fingerprint density at radius 1 is 1.23 bits per heavy atom. The molecule has 114 valence electrons. The number of methoxy groups -OCH3 is 1. The molecule has 0 radical (unpaired) electrons. The number of halogens is 1. The maximum atomic E-state index is 9.93. The first-order valence-electron chi connectivity index (χ1n) is 7.05. The molecular formula is C17H17BrN2O2. The Labute approximate surface area is 137 Å². The normalized spacial score (nSPS) is 12.5. The Kier molecular flexibility index (Phi) is 4.18. The molecule has 0 saturated carbocycles. The Balaban J connectivity index is 2.03. The summed E-state index contributed by atoms with van der Waals surface area (Å²) in [6.45, 7) is 2.38. The van der Waals surface area contributed by atoms with Gasteiger partial charge in [0, 0.05) is 9.86 Å². The van der Waals surface area contributed by atoms with E-state index in [1.54, 1.807) is 14.0 Å². The third kappa shape index (κ3) is 2.87. The number of aliphatic hydroxyl groups is 1. The fraction of sp³-hybridized carbons (Fsp3) is 0.235. The molecule has 0 fully saturated rings. The molecule has 1 heterocycles. The van der Waals surface area contributed by atoms with Gasteiger partial charge in [-0.1, -0.05) is 28.1 Å². The molecule has 1 unspecified atom stereocenters. The van der Waals surface area contributed by atoms with Crippen molar-refractivity contribution in [3.05, 3.63) is 58.2 Å². The first-order chi connectivity index (χ1) is 10.6. The number of nitrogens with zero attached hydrogens (tertiary/aromatic N) is 2. The number of hydrogen-bond acceptors (Lipinski definition) is 3. The van der Waals surface area contributed by atoms with Gasteiger partial charge in [0.05, 0.1) is 31.0 Å². The molecule has 0 amide bonds. The number of aliphatic hydroxyl groups excluding tert-OH is 1. The molecule has 0 spiro atoms. The van der Waals surface area contributed by atoms with Crippen molar-refractivity contribution in [1.29, 1.82) is 0 Å². The third-order valence-corrected chi connectivity index (χ3v) is 4.12. The van der Waals surface area contributed by atoms with Crippen molar-refractivity contribution in [2.45, 2.75) is 19.6 Å². The average molecular weight is 361 g/mol. The van der Waals surface area contributed by atoms with Crippen molar-refractivity contribution >= 4 is 26.8 Å². The molecule has 4 nitrogen and oxygen atoms in total. The van der Waals surface area contributed by atoms with Gasteiger partial charge in [-0.3, -0.25) is 4.68 Å². The molecule has 1 atom stereocenters. The maximum Gasteiger partial charge on any atom is 0.118 e. The minimum absolute atomic E-state index is 0.596. The number of aromatic nitrogens is 2. The lowest BCUT2D eigenvalue weighted by molar-refractivity contribution is 0.194. The van der Waals surface area contributed by atoms with Crippen LogP contribution in [0.25, 0.3) is 10.9 Å². The lowest BCUT2D eigenvalue weighted by atomic mass is 10.1. The van der Waals surface area contributed by atoms with Crippen LogP contribution in [0.15, 0.2) is 46.9 Å². The van der Waals surface area contributed by atoms with Gasteiger partial charge in [0.1, 0.15) is 5.75 Å². The summed E-state index contributed by atoms with van der Waals surface area (Å²) in [6.07, 6.45) is -0.596. The predicted molar refractivity (Wildman–Crippen MR) is 90.2 cm³/mol. The molecule has 0 saturated heterocycles. The van der Waals surface area contributed by atoms with Crippen LogP contribution in [0.3, 0.4) is 0 Å². The van der Waals surface area contributed by atoms with Crippen LogP contribution in [0, 0.1) is 0 Å². The Hall–Kier alpha value is -1.85. The summed E-state index contributed by atoms with van der Waals surface area (Å²) in [7, 11) is 1.66. The molecule has 0 bridgehead atoms. The summed E-state index contributed by atoms with van der Waals surface area (Å²) in [4.78, 5) is 0.